The number of nitrogens with two attached hydrogens (primary N) is 2. The third-order valence-electron chi connectivity index (χ3n) is 0.167. The van der Waals surface area contributed by atoms with E-state index in [1.165, 1.54) is 0 Å². The second-order valence-corrected chi connectivity index (χ2v) is 2.13. The normalized spacial score (nSPS) is 5.83. The molecule has 0 fully saturated rings. The molecular weight excluding hydrogens is 252 g/mol. The number of hydrogen-bond acceptors (Lipinski definition) is 5. The van der Waals surface area contributed by atoms with Crippen molar-refractivity contribution in [3.63, 3.8) is 0 Å². The van der Waals surface area contributed by atoms with Crippen LogP contribution in [0.2, 0.25) is 0 Å². The summed E-state index contributed by atoms with van der Waals surface area (Å²) >= 11 is 0. The molecule has 0 aromatic heterocycles. The van der Waals surface area contributed by atoms with Crippen LogP contribution >= 0.6 is 0 Å². The van der Waals surface area contributed by atoms with Crippen LogP contribution in [-0.2, 0) is 14.4 Å². The first-order chi connectivity index (χ1) is 7.11. The average Bonchev–Trinajstić information content (AvgIpc) is 2.00. The van der Waals surface area contributed by atoms with Gasteiger partial charge < -0.3 is 37.7 Å². The molecule has 18 heavy (non-hydrogen) atoms. The standard InChI is InChI=1S/C2H8N2.3C2H4O2.2H2O/c3-1-2-4;3*1-2(3)4;;/h1-4H2;3*1H3,(H,3,4);2*1H2. The number of carboxylic acid groups (broad SMARTS) is 3. The maximum atomic E-state index is 9.00. The van der Waals surface area contributed by atoms with Gasteiger partial charge in [0.15, 0.2) is 0 Å². The van der Waals surface area contributed by atoms with Crippen LogP contribution in [0.15, 0.2) is 0 Å². The Labute approximate surface area is 105 Å². The number of carbonyl (C=O) groups is 3. The number of aliphatic carboxylic acids is 3. The monoisotopic (exact) mass is 276 g/mol. The van der Waals surface area contributed by atoms with Gasteiger partial charge in [-0.15, -0.1) is 0 Å². The third kappa shape index (κ3) is 4450. The van der Waals surface area contributed by atoms with E-state index < -0.39 is 17.9 Å². The first-order valence-corrected chi connectivity index (χ1v) is 4.10. The number of hydrogen-bond donors (Lipinski definition) is 5. The van der Waals surface area contributed by atoms with Crippen LogP contribution in [0, 0.1) is 0 Å². The minimum Gasteiger partial charge on any atom is -0.481 e. The van der Waals surface area contributed by atoms with Crippen LogP contribution in [0.4, 0.5) is 0 Å². The van der Waals surface area contributed by atoms with E-state index in [0.29, 0.717) is 13.1 Å². The summed E-state index contributed by atoms with van der Waals surface area (Å²) in [6, 6.07) is 0. The quantitative estimate of drug-likeness (QED) is 0.343. The van der Waals surface area contributed by atoms with Gasteiger partial charge >= 0.3 is 0 Å². The molecule has 10 nitrogen and oxygen atoms in total. The smallest absolute Gasteiger partial charge is 0.300 e. The third-order valence-corrected chi connectivity index (χ3v) is 0.167. The molecule has 0 aliphatic carbocycles. The molecule has 0 atom stereocenters. The van der Waals surface area contributed by atoms with E-state index in [2.05, 4.69) is 0 Å². The molecule has 0 aromatic rings. The maximum Gasteiger partial charge on any atom is 0.300 e. The zero-order valence-electron chi connectivity index (χ0n) is 10.6. The molecule has 0 rings (SSSR count). The maximum absolute atomic E-state index is 9.00. The Morgan fingerprint density at radius 1 is 0.722 bits per heavy atom. The summed E-state index contributed by atoms with van der Waals surface area (Å²) in [4.78, 5) is 27.0. The number of carboxylic acids is 3. The van der Waals surface area contributed by atoms with Crippen LogP contribution in [0.25, 0.3) is 0 Å². The summed E-state index contributed by atoms with van der Waals surface area (Å²) in [6.45, 7) is 4.44. The van der Waals surface area contributed by atoms with Gasteiger partial charge in [-0.25, -0.2) is 0 Å². The van der Waals surface area contributed by atoms with Gasteiger partial charge in [0.1, 0.15) is 0 Å². The highest BCUT2D eigenvalue weighted by Gasteiger charge is 1.66. The largest absolute Gasteiger partial charge is 0.481 e. The minimum atomic E-state index is -0.833. The van der Waals surface area contributed by atoms with E-state index >= 15 is 0 Å². The van der Waals surface area contributed by atoms with Crippen molar-refractivity contribution in [3.8, 4) is 0 Å². The SMILES string of the molecule is CC(=O)O.CC(=O)O.CC(=O)O.NCCN.O.O. The molecule has 0 bridgehead atoms. The Balaban J connectivity index is -0.0000000257. The second kappa shape index (κ2) is 36.2. The lowest BCUT2D eigenvalue weighted by molar-refractivity contribution is -0.135. The highest BCUT2D eigenvalue weighted by atomic mass is 16.4. The summed E-state index contributed by atoms with van der Waals surface area (Å²) in [5.41, 5.74) is 9.81. The molecule has 10 heteroatoms. The summed E-state index contributed by atoms with van der Waals surface area (Å²) in [7, 11) is 0. The Morgan fingerprint density at radius 2 is 0.778 bits per heavy atom. The van der Waals surface area contributed by atoms with Crippen LogP contribution in [0.1, 0.15) is 20.8 Å². The lowest BCUT2D eigenvalue weighted by atomic mass is 10.7. The van der Waals surface area contributed by atoms with Gasteiger partial charge in [0, 0.05) is 33.9 Å². The fourth-order valence-corrected chi connectivity index (χ4v) is 0. The highest BCUT2D eigenvalue weighted by Crippen LogP contribution is 1.42. The van der Waals surface area contributed by atoms with Crippen molar-refractivity contribution in [2.24, 2.45) is 11.5 Å². The molecule has 0 aliphatic heterocycles. The van der Waals surface area contributed by atoms with Gasteiger partial charge in [-0.2, -0.15) is 0 Å². The molecule has 0 saturated heterocycles. The van der Waals surface area contributed by atoms with Crippen molar-refractivity contribution in [2.45, 2.75) is 20.8 Å². The molecule has 0 spiro atoms. The van der Waals surface area contributed by atoms with E-state index in [-0.39, 0.29) is 11.0 Å². The highest BCUT2D eigenvalue weighted by molar-refractivity contribution is 5.63. The molecular formula is C8H24N2O8. The molecule has 0 amide bonds. The summed E-state index contributed by atoms with van der Waals surface area (Å²) in [5, 5.41) is 22.2. The van der Waals surface area contributed by atoms with Gasteiger partial charge in [-0.05, 0) is 0 Å². The zero-order chi connectivity index (χ0) is 14.1. The molecule has 0 unspecified atom stereocenters. The molecule has 0 radical (unpaired) electrons. The van der Waals surface area contributed by atoms with Crippen LogP contribution in [-0.4, -0.2) is 57.3 Å². The fraction of sp³-hybridized carbons (Fsp3) is 0.625. The topological polar surface area (TPSA) is 227 Å². The molecule has 0 saturated carbocycles. The van der Waals surface area contributed by atoms with E-state index in [4.69, 9.17) is 41.2 Å². The van der Waals surface area contributed by atoms with Crippen molar-refractivity contribution >= 4 is 17.9 Å². The predicted molar refractivity (Wildman–Crippen MR) is 65.3 cm³/mol. The van der Waals surface area contributed by atoms with Gasteiger partial charge in [-0.3, -0.25) is 14.4 Å². The van der Waals surface area contributed by atoms with Gasteiger partial charge in [0.05, 0.1) is 0 Å². The van der Waals surface area contributed by atoms with E-state index in [0.717, 1.165) is 20.8 Å². The van der Waals surface area contributed by atoms with Gasteiger partial charge in [0.2, 0.25) is 0 Å². The summed E-state index contributed by atoms with van der Waals surface area (Å²) in [6.07, 6.45) is 0. The van der Waals surface area contributed by atoms with Gasteiger partial charge in [0.25, 0.3) is 17.9 Å². The number of rotatable bonds is 1. The Hall–Kier alpha value is -1.75. The lowest BCUT2D eigenvalue weighted by Gasteiger charge is -1.72. The lowest BCUT2D eigenvalue weighted by Crippen LogP contribution is -2.11. The van der Waals surface area contributed by atoms with Crippen LogP contribution in [0.5, 0.6) is 0 Å². The first-order valence-electron chi connectivity index (χ1n) is 4.10. The first kappa shape index (κ1) is 36.0. The van der Waals surface area contributed by atoms with Crippen molar-refractivity contribution in [2.75, 3.05) is 13.1 Å². The van der Waals surface area contributed by atoms with Crippen molar-refractivity contribution < 1.29 is 40.7 Å². The Bertz CT molecular complexity index is 143. The Kier molecular flexibility index (Phi) is 72.3. The predicted octanol–water partition coefficient (Wildman–Crippen LogP) is -2.47. The summed E-state index contributed by atoms with van der Waals surface area (Å²) in [5.74, 6) is -2.50. The van der Waals surface area contributed by atoms with Crippen molar-refractivity contribution in [3.05, 3.63) is 0 Å². The summed E-state index contributed by atoms with van der Waals surface area (Å²) < 4.78 is 0. The van der Waals surface area contributed by atoms with E-state index in [9.17, 15) is 0 Å². The molecule has 11 N–H and O–H groups in total. The Morgan fingerprint density at radius 3 is 0.778 bits per heavy atom. The molecule has 0 heterocycles. The van der Waals surface area contributed by atoms with Crippen LogP contribution < -0.4 is 11.5 Å². The molecule has 0 aliphatic rings. The average molecular weight is 276 g/mol. The second-order valence-electron chi connectivity index (χ2n) is 2.13. The van der Waals surface area contributed by atoms with Gasteiger partial charge in [-0.1, -0.05) is 0 Å². The fourth-order valence-electron chi connectivity index (χ4n) is 0. The minimum absolute atomic E-state index is 0. The van der Waals surface area contributed by atoms with E-state index in [1.807, 2.05) is 0 Å². The van der Waals surface area contributed by atoms with Crippen molar-refractivity contribution in [1.29, 1.82) is 0 Å². The molecule has 114 valence electrons. The zero-order valence-corrected chi connectivity index (χ0v) is 10.6. The molecule has 0 aromatic carbocycles. The van der Waals surface area contributed by atoms with Crippen LogP contribution in [0.3, 0.4) is 0 Å². The van der Waals surface area contributed by atoms with Crippen molar-refractivity contribution in [1.82, 2.24) is 0 Å². The van der Waals surface area contributed by atoms with E-state index in [1.54, 1.807) is 0 Å².